The minimum atomic E-state index is -0.0503. The minimum absolute atomic E-state index is 0.0503. The molecule has 0 aliphatic rings. The molecule has 0 rings (SSSR count). The molecule has 0 bridgehead atoms. The summed E-state index contributed by atoms with van der Waals surface area (Å²) in [6, 6.07) is 0. The van der Waals surface area contributed by atoms with E-state index in [-0.39, 0.29) is 5.97 Å². The minimum Gasteiger partial charge on any atom is -0.466 e. The maximum atomic E-state index is 11.8. The van der Waals surface area contributed by atoms with Crippen molar-refractivity contribution in [1.29, 1.82) is 0 Å². The molecule has 144 valence electrons. The second-order valence-electron chi connectivity index (χ2n) is 7.15. The summed E-state index contributed by atoms with van der Waals surface area (Å²) < 4.78 is 5.12. The van der Waals surface area contributed by atoms with Gasteiger partial charge in [0, 0.05) is 19.6 Å². The molecule has 0 aliphatic heterocycles. The third-order valence-corrected chi connectivity index (χ3v) is 5.06. The predicted molar refractivity (Wildman–Crippen MR) is 104 cm³/mol. The number of hydrogen-bond donors (Lipinski definition) is 0. The third-order valence-electron chi connectivity index (χ3n) is 5.06. The first-order valence-corrected chi connectivity index (χ1v) is 10.5. The van der Waals surface area contributed by atoms with Gasteiger partial charge in [-0.1, -0.05) is 66.2 Å². The molecule has 0 heterocycles. The Morgan fingerprint density at radius 3 is 1.75 bits per heavy atom. The number of ether oxygens (including phenoxy) is 1. The largest absolute Gasteiger partial charge is 0.466 e. The van der Waals surface area contributed by atoms with Gasteiger partial charge in [-0.2, -0.15) is 0 Å². The van der Waals surface area contributed by atoms with Crippen LogP contribution >= 0.6 is 0 Å². The molecule has 0 aromatic heterocycles. The molecule has 0 fully saturated rings. The van der Waals surface area contributed by atoms with Gasteiger partial charge in [-0.15, -0.1) is 0 Å². The zero-order chi connectivity index (χ0) is 18.2. The molecule has 24 heavy (non-hydrogen) atoms. The molecule has 0 spiro atoms. The Bertz CT molecular complexity index is 276. The molecule has 0 amide bonds. The van der Waals surface area contributed by atoms with E-state index >= 15 is 0 Å². The Hall–Kier alpha value is -0.570. The maximum Gasteiger partial charge on any atom is 0.307 e. The maximum absolute atomic E-state index is 11.8. The summed E-state index contributed by atoms with van der Waals surface area (Å²) in [7, 11) is 0. The van der Waals surface area contributed by atoms with E-state index in [9.17, 15) is 4.79 Å². The van der Waals surface area contributed by atoms with Crippen LogP contribution in [0.4, 0.5) is 0 Å². The number of nitrogens with zero attached hydrogens (tertiary/aromatic N) is 1. The average Bonchev–Trinajstić information content (AvgIpc) is 2.59. The first-order valence-electron chi connectivity index (χ1n) is 10.5. The standard InChI is InChI=1S/C21H43NO2/c1-6-11-13-19(8-3)17-22(16-15-21(23)24-10-5)18-20(9-4)14-12-7-2/h19-20H,6-18H2,1-5H3. The topological polar surface area (TPSA) is 29.5 Å². The van der Waals surface area contributed by atoms with Crippen molar-refractivity contribution in [1.82, 2.24) is 4.90 Å². The van der Waals surface area contributed by atoms with Crippen molar-refractivity contribution in [3.8, 4) is 0 Å². The van der Waals surface area contributed by atoms with Crippen molar-refractivity contribution in [2.75, 3.05) is 26.2 Å². The van der Waals surface area contributed by atoms with Crippen molar-refractivity contribution in [2.45, 2.75) is 92.4 Å². The Labute approximate surface area is 151 Å². The molecule has 0 aromatic rings. The summed E-state index contributed by atoms with van der Waals surface area (Å²) in [4.78, 5) is 14.3. The molecule has 3 heteroatoms. The van der Waals surface area contributed by atoms with Crippen LogP contribution in [0.15, 0.2) is 0 Å². The monoisotopic (exact) mass is 341 g/mol. The first kappa shape index (κ1) is 23.4. The highest BCUT2D eigenvalue weighted by molar-refractivity contribution is 5.69. The van der Waals surface area contributed by atoms with Gasteiger partial charge in [0.15, 0.2) is 0 Å². The van der Waals surface area contributed by atoms with Crippen LogP contribution in [0.2, 0.25) is 0 Å². The van der Waals surface area contributed by atoms with E-state index in [1.807, 2.05) is 6.92 Å². The van der Waals surface area contributed by atoms with Crippen molar-refractivity contribution in [2.24, 2.45) is 11.8 Å². The van der Waals surface area contributed by atoms with Crippen LogP contribution in [-0.2, 0) is 9.53 Å². The van der Waals surface area contributed by atoms with Gasteiger partial charge in [0.25, 0.3) is 0 Å². The Balaban J connectivity index is 4.62. The van der Waals surface area contributed by atoms with Crippen LogP contribution < -0.4 is 0 Å². The quantitative estimate of drug-likeness (QED) is 0.338. The van der Waals surface area contributed by atoms with Crippen LogP contribution in [0.1, 0.15) is 92.4 Å². The number of esters is 1. The van der Waals surface area contributed by atoms with Gasteiger partial charge in [-0.25, -0.2) is 0 Å². The molecular weight excluding hydrogens is 298 g/mol. The second-order valence-corrected chi connectivity index (χ2v) is 7.15. The lowest BCUT2D eigenvalue weighted by atomic mass is 9.95. The summed E-state index contributed by atoms with van der Waals surface area (Å²) in [5.41, 5.74) is 0. The van der Waals surface area contributed by atoms with E-state index in [1.54, 1.807) is 0 Å². The lowest BCUT2D eigenvalue weighted by molar-refractivity contribution is -0.143. The van der Waals surface area contributed by atoms with Gasteiger partial charge in [0.2, 0.25) is 0 Å². The highest BCUT2D eigenvalue weighted by Crippen LogP contribution is 2.19. The molecule has 0 saturated carbocycles. The van der Waals surface area contributed by atoms with Crippen LogP contribution in [0, 0.1) is 11.8 Å². The van der Waals surface area contributed by atoms with Crippen LogP contribution in [-0.4, -0.2) is 37.1 Å². The Morgan fingerprint density at radius 1 is 0.875 bits per heavy atom. The molecule has 0 radical (unpaired) electrons. The smallest absolute Gasteiger partial charge is 0.307 e. The van der Waals surface area contributed by atoms with E-state index in [1.165, 1.54) is 51.4 Å². The average molecular weight is 342 g/mol. The molecular formula is C21H43NO2. The summed E-state index contributed by atoms with van der Waals surface area (Å²) in [6.07, 6.45) is 10.8. The van der Waals surface area contributed by atoms with Crippen molar-refractivity contribution in [3.05, 3.63) is 0 Å². The van der Waals surface area contributed by atoms with Gasteiger partial charge in [0.05, 0.1) is 13.0 Å². The first-order chi connectivity index (χ1) is 11.6. The number of carbonyl (C=O) groups is 1. The lowest BCUT2D eigenvalue weighted by Crippen LogP contribution is -2.35. The van der Waals surface area contributed by atoms with E-state index in [4.69, 9.17) is 4.74 Å². The number of carbonyl (C=O) groups excluding carboxylic acids is 1. The zero-order valence-corrected chi connectivity index (χ0v) is 17.1. The normalized spacial score (nSPS) is 13.9. The lowest BCUT2D eigenvalue weighted by Gasteiger charge is -2.30. The molecule has 0 saturated heterocycles. The molecule has 2 unspecified atom stereocenters. The van der Waals surface area contributed by atoms with Crippen LogP contribution in [0.5, 0.6) is 0 Å². The Morgan fingerprint density at radius 2 is 1.38 bits per heavy atom. The summed E-state index contributed by atoms with van der Waals surface area (Å²) in [6.45, 7) is 14.6. The van der Waals surface area contributed by atoms with E-state index < -0.39 is 0 Å². The molecule has 0 N–H and O–H groups in total. The molecule has 3 nitrogen and oxygen atoms in total. The van der Waals surface area contributed by atoms with Gasteiger partial charge in [-0.3, -0.25) is 4.79 Å². The van der Waals surface area contributed by atoms with Gasteiger partial charge in [-0.05, 0) is 31.6 Å². The number of hydrogen-bond acceptors (Lipinski definition) is 3. The summed E-state index contributed by atoms with van der Waals surface area (Å²) in [5, 5.41) is 0. The van der Waals surface area contributed by atoms with Crippen LogP contribution in [0.25, 0.3) is 0 Å². The third kappa shape index (κ3) is 11.9. The fraction of sp³-hybridized carbons (Fsp3) is 0.952. The fourth-order valence-corrected chi connectivity index (χ4v) is 3.30. The van der Waals surface area contributed by atoms with Crippen LogP contribution in [0.3, 0.4) is 0 Å². The molecule has 0 aromatic carbocycles. The van der Waals surface area contributed by atoms with E-state index in [0.29, 0.717) is 13.0 Å². The SMILES string of the molecule is CCCCC(CC)CN(CCC(=O)OCC)CC(CC)CCCC. The molecule has 0 aliphatic carbocycles. The molecule has 2 atom stereocenters. The van der Waals surface area contributed by atoms with Gasteiger partial charge >= 0.3 is 5.97 Å². The van der Waals surface area contributed by atoms with Gasteiger partial charge in [0.1, 0.15) is 0 Å². The van der Waals surface area contributed by atoms with E-state index in [0.717, 1.165) is 31.5 Å². The second kappa shape index (κ2) is 15.9. The van der Waals surface area contributed by atoms with Gasteiger partial charge < -0.3 is 9.64 Å². The summed E-state index contributed by atoms with van der Waals surface area (Å²) >= 11 is 0. The number of rotatable bonds is 16. The summed E-state index contributed by atoms with van der Waals surface area (Å²) in [5.74, 6) is 1.47. The predicted octanol–water partition coefficient (Wildman–Crippen LogP) is 5.67. The van der Waals surface area contributed by atoms with Crippen molar-refractivity contribution in [3.63, 3.8) is 0 Å². The van der Waals surface area contributed by atoms with E-state index in [2.05, 4.69) is 32.6 Å². The fourth-order valence-electron chi connectivity index (χ4n) is 3.30. The Kier molecular flexibility index (Phi) is 15.6. The van der Waals surface area contributed by atoms with Crippen molar-refractivity contribution < 1.29 is 9.53 Å². The number of unbranched alkanes of at least 4 members (excludes halogenated alkanes) is 2. The highest BCUT2D eigenvalue weighted by Gasteiger charge is 2.18. The highest BCUT2D eigenvalue weighted by atomic mass is 16.5. The van der Waals surface area contributed by atoms with Crippen molar-refractivity contribution >= 4 is 5.97 Å². The zero-order valence-electron chi connectivity index (χ0n) is 17.1.